The minimum atomic E-state index is -0.813. The molecule has 4 heteroatoms. The summed E-state index contributed by atoms with van der Waals surface area (Å²) >= 11 is 0. The summed E-state index contributed by atoms with van der Waals surface area (Å²) in [4.78, 5) is 23.5. The molecule has 104 valence electrons. The third-order valence-electron chi connectivity index (χ3n) is 4.86. The van der Waals surface area contributed by atoms with Crippen molar-refractivity contribution in [3.63, 3.8) is 0 Å². The largest absolute Gasteiger partial charge is 0.481 e. The van der Waals surface area contributed by atoms with Crippen LogP contribution in [0.5, 0.6) is 0 Å². The van der Waals surface area contributed by atoms with E-state index < -0.39 is 11.4 Å². The van der Waals surface area contributed by atoms with Crippen LogP contribution in [-0.4, -0.2) is 23.5 Å². The summed E-state index contributed by atoms with van der Waals surface area (Å²) in [6, 6.07) is 0. The predicted octanol–water partition coefficient (Wildman–Crippen LogP) is 2.57. The molecule has 1 amide bonds. The number of carboxylic acids is 1. The molecule has 0 bridgehead atoms. The van der Waals surface area contributed by atoms with E-state index in [1.54, 1.807) is 0 Å². The molecule has 0 radical (unpaired) electrons. The van der Waals surface area contributed by atoms with Gasteiger partial charge in [0.05, 0.1) is 5.41 Å². The van der Waals surface area contributed by atoms with Crippen LogP contribution in [0.4, 0.5) is 0 Å². The lowest BCUT2D eigenvalue weighted by atomic mass is 9.66. The van der Waals surface area contributed by atoms with Gasteiger partial charge in [0.25, 0.3) is 0 Å². The molecule has 2 N–H and O–H groups in total. The van der Waals surface area contributed by atoms with E-state index in [4.69, 9.17) is 0 Å². The first-order valence-corrected chi connectivity index (χ1v) is 6.98. The molecule has 0 aromatic rings. The average Bonchev–Trinajstić information content (AvgIpc) is 2.30. The molecular formula is C14H25NO3. The van der Waals surface area contributed by atoms with Crippen molar-refractivity contribution in [2.45, 2.75) is 59.3 Å². The van der Waals surface area contributed by atoms with Crippen LogP contribution < -0.4 is 5.32 Å². The third kappa shape index (κ3) is 2.52. The summed E-state index contributed by atoms with van der Waals surface area (Å²) in [5.74, 6) is -0.768. The fourth-order valence-corrected chi connectivity index (χ4v) is 2.66. The number of carbonyl (C=O) groups is 2. The smallest absolute Gasteiger partial charge is 0.311 e. The van der Waals surface area contributed by atoms with Gasteiger partial charge in [0, 0.05) is 12.0 Å². The first-order valence-electron chi connectivity index (χ1n) is 6.98. The molecule has 4 nitrogen and oxygen atoms in total. The summed E-state index contributed by atoms with van der Waals surface area (Å²) in [5.41, 5.74) is -1.03. The second-order valence-electron chi connectivity index (χ2n) is 5.46. The van der Waals surface area contributed by atoms with Crippen molar-refractivity contribution in [3.05, 3.63) is 0 Å². The number of rotatable bonds is 7. The molecule has 1 fully saturated rings. The van der Waals surface area contributed by atoms with Crippen LogP contribution in [-0.2, 0) is 9.59 Å². The van der Waals surface area contributed by atoms with Crippen LogP contribution in [0.25, 0.3) is 0 Å². The van der Waals surface area contributed by atoms with Gasteiger partial charge in [-0.15, -0.1) is 0 Å². The topological polar surface area (TPSA) is 66.4 Å². The molecule has 0 saturated heterocycles. The van der Waals surface area contributed by atoms with Crippen LogP contribution in [0.15, 0.2) is 0 Å². The Morgan fingerprint density at radius 2 is 1.78 bits per heavy atom. The van der Waals surface area contributed by atoms with Crippen molar-refractivity contribution in [2.75, 3.05) is 6.54 Å². The van der Waals surface area contributed by atoms with Crippen LogP contribution >= 0.6 is 0 Å². The number of amides is 1. The van der Waals surface area contributed by atoms with Gasteiger partial charge in [-0.25, -0.2) is 0 Å². The maximum atomic E-state index is 12.2. The van der Waals surface area contributed by atoms with Crippen molar-refractivity contribution in [1.29, 1.82) is 0 Å². The Labute approximate surface area is 109 Å². The molecule has 1 rings (SSSR count). The second-order valence-corrected chi connectivity index (χ2v) is 5.46. The molecule has 0 aliphatic heterocycles. The van der Waals surface area contributed by atoms with Crippen molar-refractivity contribution < 1.29 is 14.7 Å². The van der Waals surface area contributed by atoms with E-state index in [1.165, 1.54) is 0 Å². The van der Waals surface area contributed by atoms with E-state index in [1.807, 2.05) is 20.8 Å². The Bertz CT molecular complexity index is 311. The maximum absolute atomic E-state index is 12.2. The van der Waals surface area contributed by atoms with Gasteiger partial charge < -0.3 is 10.4 Å². The molecular weight excluding hydrogens is 230 g/mol. The minimum Gasteiger partial charge on any atom is -0.481 e. The van der Waals surface area contributed by atoms with E-state index in [-0.39, 0.29) is 17.9 Å². The summed E-state index contributed by atoms with van der Waals surface area (Å²) < 4.78 is 0. The molecule has 0 unspecified atom stereocenters. The number of carboxylic acid groups (broad SMARTS) is 1. The quantitative estimate of drug-likeness (QED) is 0.734. The molecule has 0 atom stereocenters. The van der Waals surface area contributed by atoms with Crippen molar-refractivity contribution >= 4 is 11.9 Å². The number of aliphatic carboxylic acids is 1. The number of carbonyl (C=O) groups excluding carboxylic acids is 1. The van der Waals surface area contributed by atoms with Gasteiger partial charge in [-0.3, -0.25) is 9.59 Å². The standard InChI is InChI=1S/C14H25NO3/c1-4-13(5-2,12(17)18)10-15-11(16)14(6-3)8-7-9-14/h4-10H2,1-3H3,(H,15,16)(H,17,18). The van der Waals surface area contributed by atoms with E-state index in [0.29, 0.717) is 12.8 Å². The fourth-order valence-electron chi connectivity index (χ4n) is 2.66. The molecule has 0 aromatic heterocycles. The maximum Gasteiger partial charge on any atom is 0.311 e. The molecule has 0 spiro atoms. The number of hydrogen-bond acceptors (Lipinski definition) is 2. The van der Waals surface area contributed by atoms with Gasteiger partial charge >= 0.3 is 5.97 Å². The third-order valence-corrected chi connectivity index (χ3v) is 4.86. The first kappa shape index (κ1) is 15.0. The molecule has 1 aliphatic rings. The lowest BCUT2D eigenvalue weighted by Crippen LogP contribution is -2.50. The molecule has 18 heavy (non-hydrogen) atoms. The lowest BCUT2D eigenvalue weighted by Gasteiger charge is -2.40. The van der Waals surface area contributed by atoms with E-state index in [0.717, 1.165) is 25.7 Å². The Morgan fingerprint density at radius 1 is 1.22 bits per heavy atom. The number of nitrogens with one attached hydrogen (secondary N) is 1. The Morgan fingerprint density at radius 3 is 2.06 bits per heavy atom. The summed E-state index contributed by atoms with van der Waals surface area (Å²) in [6.45, 7) is 6.00. The summed E-state index contributed by atoms with van der Waals surface area (Å²) in [7, 11) is 0. The van der Waals surface area contributed by atoms with Gasteiger partial charge in [0.1, 0.15) is 0 Å². The van der Waals surface area contributed by atoms with E-state index >= 15 is 0 Å². The highest BCUT2D eigenvalue weighted by Crippen LogP contribution is 2.44. The van der Waals surface area contributed by atoms with Crippen LogP contribution in [0.2, 0.25) is 0 Å². The first-order chi connectivity index (χ1) is 8.46. The van der Waals surface area contributed by atoms with Gasteiger partial charge in [0.2, 0.25) is 5.91 Å². The summed E-state index contributed by atoms with van der Waals surface area (Å²) in [5, 5.41) is 12.2. The fraction of sp³-hybridized carbons (Fsp3) is 0.857. The highest BCUT2D eigenvalue weighted by molar-refractivity contribution is 5.84. The van der Waals surface area contributed by atoms with Crippen molar-refractivity contribution in [1.82, 2.24) is 5.32 Å². The molecule has 1 aliphatic carbocycles. The van der Waals surface area contributed by atoms with E-state index in [9.17, 15) is 14.7 Å². The highest BCUT2D eigenvalue weighted by Gasteiger charge is 2.43. The van der Waals surface area contributed by atoms with Gasteiger partial charge in [-0.2, -0.15) is 0 Å². The average molecular weight is 255 g/mol. The second kappa shape index (κ2) is 5.72. The van der Waals surface area contributed by atoms with Gasteiger partial charge in [0.15, 0.2) is 0 Å². The van der Waals surface area contributed by atoms with Crippen molar-refractivity contribution in [3.8, 4) is 0 Å². The minimum absolute atomic E-state index is 0.0452. The molecule has 0 aromatic carbocycles. The van der Waals surface area contributed by atoms with Gasteiger partial charge in [-0.1, -0.05) is 27.2 Å². The Hall–Kier alpha value is -1.06. The highest BCUT2D eigenvalue weighted by atomic mass is 16.4. The zero-order valence-corrected chi connectivity index (χ0v) is 11.7. The predicted molar refractivity (Wildman–Crippen MR) is 70.2 cm³/mol. The molecule has 1 saturated carbocycles. The van der Waals surface area contributed by atoms with E-state index in [2.05, 4.69) is 5.32 Å². The SMILES string of the molecule is CCC(CC)(CNC(=O)C1(CC)CCC1)C(=O)O. The summed E-state index contributed by atoms with van der Waals surface area (Å²) in [6.07, 6.45) is 4.90. The van der Waals surface area contributed by atoms with Crippen LogP contribution in [0.1, 0.15) is 59.3 Å². The molecule has 0 heterocycles. The Balaban J connectivity index is 2.63. The van der Waals surface area contributed by atoms with Crippen LogP contribution in [0, 0.1) is 10.8 Å². The number of hydrogen-bond donors (Lipinski definition) is 2. The Kier molecular flexibility index (Phi) is 4.77. The van der Waals surface area contributed by atoms with Gasteiger partial charge in [-0.05, 0) is 32.1 Å². The van der Waals surface area contributed by atoms with Crippen molar-refractivity contribution in [2.24, 2.45) is 10.8 Å². The normalized spacial score (nSPS) is 17.9. The monoisotopic (exact) mass is 255 g/mol. The zero-order chi connectivity index (χ0) is 13.8. The zero-order valence-electron chi connectivity index (χ0n) is 11.7. The lowest BCUT2D eigenvalue weighted by molar-refractivity contribution is -0.150. The van der Waals surface area contributed by atoms with Crippen LogP contribution in [0.3, 0.4) is 0 Å².